The van der Waals surface area contributed by atoms with Crippen molar-refractivity contribution < 1.29 is 14.4 Å². The third-order valence-electron chi connectivity index (χ3n) is 3.10. The van der Waals surface area contributed by atoms with Crippen LogP contribution in [0, 0.1) is 3.57 Å². The lowest BCUT2D eigenvalue weighted by Gasteiger charge is -2.12. The number of thioether (sulfide) groups is 1. The molecule has 2 heterocycles. The highest BCUT2D eigenvalue weighted by molar-refractivity contribution is 14.1. The van der Waals surface area contributed by atoms with Gasteiger partial charge in [0.05, 0.1) is 4.91 Å². The first kappa shape index (κ1) is 17.2. The first-order valence-corrected chi connectivity index (χ1v) is 9.65. The second-order valence-corrected chi connectivity index (χ2v) is 8.06. The van der Waals surface area contributed by atoms with Crippen LogP contribution in [-0.2, 0) is 9.59 Å². The summed E-state index contributed by atoms with van der Waals surface area (Å²) < 4.78 is 0.982. The number of hydrogen-bond donors (Lipinski definition) is 1. The van der Waals surface area contributed by atoms with Crippen molar-refractivity contribution in [2.45, 2.75) is 0 Å². The van der Waals surface area contributed by atoms with Crippen LogP contribution in [0.3, 0.4) is 0 Å². The highest BCUT2D eigenvalue weighted by Crippen LogP contribution is 2.32. The maximum Gasteiger partial charge on any atom is 0.294 e. The van der Waals surface area contributed by atoms with Gasteiger partial charge in [-0.2, -0.15) is 0 Å². The van der Waals surface area contributed by atoms with E-state index in [2.05, 4.69) is 27.9 Å². The molecule has 0 atom stereocenters. The molecule has 1 saturated heterocycles. The molecule has 1 N–H and O–H groups in total. The third kappa shape index (κ3) is 4.05. The number of halogens is 1. The van der Waals surface area contributed by atoms with Crippen LogP contribution in [0.2, 0.25) is 0 Å². The van der Waals surface area contributed by atoms with Crippen LogP contribution in [-0.4, -0.2) is 28.5 Å². The van der Waals surface area contributed by atoms with Gasteiger partial charge < -0.3 is 5.32 Å². The smallest absolute Gasteiger partial charge is 0.294 e. The molecule has 5 nitrogen and oxygen atoms in total. The SMILES string of the molecule is O=C(CN1C(=O)S/C(=C\c2cccs2)C1=O)Nc1cccc(I)c1. The fourth-order valence-electron chi connectivity index (χ4n) is 2.05. The Kier molecular flexibility index (Phi) is 5.36. The molecule has 8 heteroatoms. The number of anilines is 1. The van der Waals surface area contributed by atoms with Crippen LogP contribution < -0.4 is 5.32 Å². The molecule has 0 unspecified atom stereocenters. The van der Waals surface area contributed by atoms with E-state index in [9.17, 15) is 14.4 Å². The summed E-state index contributed by atoms with van der Waals surface area (Å²) in [5, 5.41) is 4.16. The maximum atomic E-state index is 12.3. The normalized spacial score (nSPS) is 16.0. The lowest BCUT2D eigenvalue weighted by molar-refractivity contribution is -0.127. The number of amides is 3. The van der Waals surface area contributed by atoms with Gasteiger partial charge in [0.15, 0.2) is 0 Å². The zero-order chi connectivity index (χ0) is 17.1. The average molecular weight is 470 g/mol. The summed E-state index contributed by atoms with van der Waals surface area (Å²) in [5.74, 6) is -0.840. The number of hydrogen-bond acceptors (Lipinski definition) is 5. The van der Waals surface area contributed by atoms with Gasteiger partial charge in [-0.3, -0.25) is 19.3 Å². The number of nitrogens with one attached hydrogen (secondary N) is 1. The van der Waals surface area contributed by atoms with E-state index in [0.29, 0.717) is 10.6 Å². The molecule has 0 spiro atoms. The Balaban J connectivity index is 1.67. The molecule has 122 valence electrons. The summed E-state index contributed by atoms with van der Waals surface area (Å²) in [6.07, 6.45) is 1.67. The van der Waals surface area contributed by atoms with Crippen LogP contribution in [0.25, 0.3) is 6.08 Å². The van der Waals surface area contributed by atoms with Gasteiger partial charge in [0.1, 0.15) is 6.54 Å². The van der Waals surface area contributed by atoms with Crippen molar-refractivity contribution in [1.29, 1.82) is 0 Å². The second kappa shape index (κ2) is 7.49. The monoisotopic (exact) mass is 470 g/mol. The first-order valence-electron chi connectivity index (χ1n) is 6.87. The number of carbonyl (C=O) groups is 3. The average Bonchev–Trinajstić information content (AvgIpc) is 3.12. The molecular weight excluding hydrogens is 459 g/mol. The zero-order valence-electron chi connectivity index (χ0n) is 12.2. The molecule has 0 aliphatic carbocycles. The molecule has 1 fully saturated rings. The molecule has 1 aromatic heterocycles. The summed E-state index contributed by atoms with van der Waals surface area (Å²) in [6, 6.07) is 11.0. The van der Waals surface area contributed by atoms with Crippen LogP contribution in [0.4, 0.5) is 10.5 Å². The Morgan fingerprint density at radius 1 is 1.25 bits per heavy atom. The van der Waals surface area contributed by atoms with E-state index < -0.39 is 17.1 Å². The Morgan fingerprint density at radius 2 is 2.08 bits per heavy atom. The maximum absolute atomic E-state index is 12.3. The summed E-state index contributed by atoms with van der Waals surface area (Å²) in [6.45, 7) is -0.294. The van der Waals surface area contributed by atoms with Crippen molar-refractivity contribution in [3.63, 3.8) is 0 Å². The Bertz CT molecular complexity index is 834. The number of carbonyl (C=O) groups excluding carboxylic acids is 3. The lowest BCUT2D eigenvalue weighted by atomic mass is 10.3. The molecule has 0 saturated carbocycles. The quantitative estimate of drug-likeness (QED) is 0.542. The molecule has 3 amide bonds. The standard InChI is InChI=1S/C16H11IN2O3S2/c17-10-3-1-4-11(7-10)18-14(20)9-19-15(21)13(24-16(19)22)8-12-5-2-6-23-12/h1-8H,9H2,(H,18,20)/b13-8-. The molecule has 24 heavy (non-hydrogen) atoms. The van der Waals surface area contributed by atoms with Crippen LogP contribution in [0.5, 0.6) is 0 Å². The van der Waals surface area contributed by atoms with Gasteiger partial charge in [0.2, 0.25) is 5.91 Å². The molecule has 0 radical (unpaired) electrons. The minimum absolute atomic E-state index is 0.294. The number of rotatable bonds is 4. The molecule has 1 aliphatic rings. The first-order chi connectivity index (χ1) is 11.5. The molecule has 1 aromatic carbocycles. The summed E-state index contributed by atoms with van der Waals surface area (Å²) in [5.41, 5.74) is 0.632. The van der Waals surface area contributed by atoms with E-state index in [4.69, 9.17) is 0 Å². The van der Waals surface area contributed by atoms with Gasteiger partial charge in [0.25, 0.3) is 11.1 Å². The summed E-state index contributed by atoms with van der Waals surface area (Å²) >= 11 is 4.48. The van der Waals surface area contributed by atoms with E-state index in [1.54, 1.807) is 12.1 Å². The van der Waals surface area contributed by atoms with Gasteiger partial charge in [-0.05, 0) is 70.1 Å². The van der Waals surface area contributed by atoms with Crippen LogP contribution >= 0.6 is 45.7 Å². The minimum atomic E-state index is -0.434. The van der Waals surface area contributed by atoms with Gasteiger partial charge in [-0.1, -0.05) is 12.1 Å². The van der Waals surface area contributed by atoms with Crippen molar-refractivity contribution in [2.75, 3.05) is 11.9 Å². The fourth-order valence-corrected chi connectivity index (χ4v) is 4.15. The zero-order valence-corrected chi connectivity index (χ0v) is 16.0. The molecule has 3 rings (SSSR count). The largest absolute Gasteiger partial charge is 0.324 e. The molecular formula is C16H11IN2O3S2. The number of nitrogens with zero attached hydrogens (tertiary/aromatic N) is 1. The topological polar surface area (TPSA) is 66.5 Å². The molecule has 1 aliphatic heterocycles. The van der Waals surface area contributed by atoms with E-state index in [0.717, 1.165) is 25.1 Å². The Hall–Kier alpha value is -1.65. The predicted molar refractivity (Wildman–Crippen MR) is 105 cm³/mol. The lowest BCUT2D eigenvalue weighted by Crippen LogP contribution is -2.36. The van der Waals surface area contributed by atoms with Crippen molar-refractivity contribution in [1.82, 2.24) is 4.90 Å². The number of benzene rings is 1. The Morgan fingerprint density at radius 3 is 2.79 bits per heavy atom. The van der Waals surface area contributed by atoms with Crippen LogP contribution in [0.15, 0.2) is 46.7 Å². The Labute approximate surface area is 160 Å². The van der Waals surface area contributed by atoms with E-state index in [1.807, 2.05) is 35.7 Å². The van der Waals surface area contributed by atoms with E-state index >= 15 is 0 Å². The van der Waals surface area contributed by atoms with Gasteiger partial charge >= 0.3 is 0 Å². The van der Waals surface area contributed by atoms with Crippen molar-refractivity contribution in [3.05, 3.63) is 55.1 Å². The van der Waals surface area contributed by atoms with Crippen molar-refractivity contribution in [3.8, 4) is 0 Å². The van der Waals surface area contributed by atoms with Gasteiger partial charge in [-0.15, -0.1) is 11.3 Å². The second-order valence-electron chi connectivity index (χ2n) is 4.84. The third-order valence-corrected chi connectivity index (χ3v) is 5.50. The summed E-state index contributed by atoms with van der Waals surface area (Å²) in [7, 11) is 0. The highest BCUT2D eigenvalue weighted by atomic mass is 127. The minimum Gasteiger partial charge on any atom is -0.324 e. The van der Waals surface area contributed by atoms with E-state index in [-0.39, 0.29) is 6.54 Å². The van der Waals surface area contributed by atoms with Crippen molar-refractivity contribution in [2.24, 2.45) is 0 Å². The van der Waals surface area contributed by atoms with Gasteiger partial charge in [-0.25, -0.2) is 0 Å². The summed E-state index contributed by atoms with van der Waals surface area (Å²) in [4.78, 5) is 38.6. The van der Waals surface area contributed by atoms with E-state index in [1.165, 1.54) is 11.3 Å². The molecule has 0 bridgehead atoms. The van der Waals surface area contributed by atoms with Crippen LogP contribution in [0.1, 0.15) is 4.88 Å². The number of thiophene rings is 1. The highest BCUT2D eigenvalue weighted by Gasteiger charge is 2.36. The molecule has 2 aromatic rings. The van der Waals surface area contributed by atoms with Gasteiger partial charge in [0, 0.05) is 14.1 Å². The number of imide groups is 1. The predicted octanol–water partition coefficient (Wildman–Crippen LogP) is 4.03. The van der Waals surface area contributed by atoms with Crippen molar-refractivity contribution >= 4 is 74.5 Å². The fraction of sp³-hybridized carbons (Fsp3) is 0.0625.